The molecule has 5 nitrogen and oxygen atoms in total. The van der Waals surface area contributed by atoms with Crippen LogP contribution in [-0.2, 0) is 0 Å². The van der Waals surface area contributed by atoms with Gasteiger partial charge in [-0.2, -0.15) is 0 Å². The van der Waals surface area contributed by atoms with Crippen LogP contribution in [0.1, 0.15) is 48.4 Å². The first-order valence-electron chi connectivity index (χ1n) is 6.85. The van der Waals surface area contributed by atoms with Crippen molar-refractivity contribution in [2.75, 3.05) is 26.2 Å². The van der Waals surface area contributed by atoms with Crippen LogP contribution < -0.4 is 0 Å². The normalized spacial score (nSPS) is 10.3. The minimum Gasteiger partial charge on any atom is -0.366 e. The van der Waals surface area contributed by atoms with Gasteiger partial charge in [0.15, 0.2) is 0 Å². The largest absolute Gasteiger partial charge is 0.366 e. The average Bonchev–Trinajstić information content (AvgIpc) is 2.90. The number of hydrogen-bond donors (Lipinski definition) is 1. The molecule has 0 saturated carbocycles. The maximum Gasteiger partial charge on any atom is 0.256 e. The van der Waals surface area contributed by atoms with Crippen LogP contribution in [0.2, 0.25) is 0 Å². The van der Waals surface area contributed by atoms with Gasteiger partial charge >= 0.3 is 0 Å². The molecule has 19 heavy (non-hydrogen) atoms. The maximum atomic E-state index is 12.3. The molecule has 2 amide bonds. The summed E-state index contributed by atoms with van der Waals surface area (Å²) in [4.78, 5) is 30.9. The molecular formula is C14H23N3O2. The van der Waals surface area contributed by atoms with E-state index in [1.807, 2.05) is 27.7 Å². The van der Waals surface area contributed by atoms with Crippen molar-refractivity contribution in [3.63, 3.8) is 0 Å². The van der Waals surface area contributed by atoms with Gasteiger partial charge in [0.05, 0.1) is 11.1 Å². The van der Waals surface area contributed by atoms with Gasteiger partial charge in [-0.15, -0.1) is 0 Å². The lowest BCUT2D eigenvalue weighted by molar-refractivity contribution is 0.0735. The molecule has 0 fully saturated rings. The first-order valence-corrected chi connectivity index (χ1v) is 6.85. The first-order chi connectivity index (χ1) is 9.10. The van der Waals surface area contributed by atoms with Crippen molar-refractivity contribution in [1.29, 1.82) is 0 Å². The van der Waals surface area contributed by atoms with E-state index in [4.69, 9.17) is 0 Å². The maximum absolute atomic E-state index is 12.3. The smallest absolute Gasteiger partial charge is 0.256 e. The van der Waals surface area contributed by atoms with Gasteiger partial charge < -0.3 is 14.8 Å². The van der Waals surface area contributed by atoms with Crippen molar-refractivity contribution < 1.29 is 9.59 Å². The number of aromatic nitrogens is 1. The van der Waals surface area contributed by atoms with Gasteiger partial charge in [0.2, 0.25) is 0 Å². The molecule has 5 heteroatoms. The monoisotopic (exact) mass is 265 g/mol. The molecule has 1 aromatic heterocycles. The molecule has 0 radical (unpaired) electrons. The molecule has 106 valence electrons. The zero-order chi connectivity index (χ0) is 14.4. The number of nitrogens with zero attached hydrogens (tertiary/aromatic N) is 2. The third-order valence-electron chi connectivity index (χ3n) is 3.31. The number of rotatable bonds is 6. The number of carbonyl (C=O) groups excluding carboxylic acids is 2. The fourth-order valence-corrected chi connectivity index (χ4v) is 2.08. The Balaban J connectivity index is 3.04. The molecule has 0 saturated heterocycles. The van der Waals surface area contributed by atoms with Crippen LogP contribution in [0.15, 0.2) is 12.4 Å². The van der Waals surface area contributed by atoms with Crippen LogP contribution in [0.4, 0.5) is 0 Å². The topological polar surface area (TPSA) is 56.4 Å². The standard InChI is InChI=1S/C14H23N3O2/c1-5-16(6-2)13(18)11-9-15-10-12(11)14(19)17(7-3)8-4/h9-10,15H,5-8H2,1-4H3. The fourth-order valence-electron chi connectivity index (χ4n) is 2.08. The Labute approximate surface area is 114 Å². The Kier molecular flexibility index (Phi) is 5.60. The van der Waals surface area contributed by atoms with Crippen LogP contribution in [0, 0.1) is 0 Å². The molecular weight excluding hydrogens is 242 g/mol. The Morgan fingerprint density at radius 1 is 0.842 bits per heavy atom. The SMILES string of the molecule is CCN(CC)C(=O)c1c[nH]cc1C(=O)N(CC)CC. The van der Waals surface area contributed by atoms with E-state index in [9.17, 15) is 9.59 Å². The van der Waals surface area contributed by atoms with Gasteiger partial charge in [0, 0.05) is 38.6 Å². The van der Waals surface area contributed by atoms with Crippen LogP contribution in [0.3, 0.4) is 0 Å². The fraction of sp³-hybridized carbons (Fsp3) is 0.571. The van der Waals surface area contributed by atoms with Crippen LogP contribution in [0.5, 0.6) is 0 Å². The molecule has 0 aromatic carbocycles. The highest BCUT2D eigenvalue weighted by Crippen LogP contribution is 2.14. The summed E-state index contributed by atoms with van der Waals surface area (Å²) in [5.74, 6) is -0.191. The summed E-state index contributed by atoms with van der Waals surface area (Å²) < 4.78 is 0. The van der Waals surface area contributed by atoms with Crippen molar-refractivity contribution in [2.45, 2.75) is 27.7 Å². The van der Waals surface area contributed by atoms with Gasteiger partial charge in [-0.3, -0.25) is 9.59 Å². The highest BCUT2D eigenvalue weighted by molar-refractivity contribution is 6.07. The summed E-state index contributed by atoms with van der Waals surface area (Å²) in [6, 6.07) is 0. The molecule has 1 N–H and O–H groups in total. The molecule has 1 heterocycles. The zero-order valence-corrected chi connectivity index (χ0v) is 12.2. The molecule has 0 aliphatic heterocycles. The third kappa shape index (κ3) is 3.16. The summed E-state index contributed by atoms with van der Waals surface area (Å²) in [7, 11) is 0. The Morgan fingerprint density at radius 2 is 1.16 bits per heavy atom. The second-order valence-corrected chi connectivity index (χ2v) is 4.24. The number of amides is 2. The average molecular weight is 265 g/mol. The minimum atomic E-state index is -0.0956. The Bertz CT molecular complexity index is 393. The van der Waals surface area contributed by atoms with Gasteiger partial charge in [0.1, 0.15) is 0 Å². The van der Waals surface area contributed by atoms with E-state index in [0.29, 0.717) is 37.3 Å². The molecule has 0 aliphatic carbocycles. The van der Waals surface area contributed by atoms with Gasteiger partial charge in [0.25, 0.3) is 11.8 Å². The first kappa shape index (κ1) is 15.3. The van der Waals surface area contributed by atoms with Crippen molar-refractivity contribution in [1.82, 2.24) is 14.8 Å². The van der Waals surface area contributed by atoms with E-state index in [1.165, 1.54) is 0 Å². The predicted octanol–water partition coefficient (Wildman–Crippen LogP) is 1.98. The molecule has 0 bridgehead atoms. The molecule has 0 unspecified atom stereocenters. The second-order valence-electron chi connectivity index (χ2n) is 4.24. The van der Waals surface area contributed by atoms with Crippen LogP contribution in [0.25, 0.3) is 0 Å². The highest BCUT2D eigenvalue weighted by Gasteiger charge is 2.23. The minimum absolute atomic E-state index is 0.0956. The van der Waals surface area contributed by atoms with Crippen LogP contribution >= 0.6 is 0 Å². The second kappa shape index (κ2) is 6.97. The lowest BCUT2D eigenvalue weighted by Gasteiger charge is -2.21. The summed E-state index contributed by atoms with van der Waals surface area (Å²) in [6.07, 6.45) is 3.22. The van der Waals surface area contributed by atoms with Crippen molar-refractivity contribution in [3.05, 3.63) is 23.5 Å². The van der Waals surface area contributed by atoms with Crippen molar-refractivity contribution in [3.8, 4) is 0 Å². The summed E-state index contributed by atoms with van der Waals surface area (Å²) in [5, 5.41) is 0. The Hall–Kier alpha value is -1.78. The van der Waals surface area contributed by atoms with Crippen LogP contribution in [-0.4, -0.2) is 52.8 Å². The number of hydrogen-bond acceptors (Lipinski definition) is 2. The van der Waals surface area contributed by atoms with E-state index in [2.05, 4.69) is 4.98 Å². The summed E-state index contributed by atoms with van der Waals surface area (Å²) >= 11 is 0. The van der Waals surface area contributed by atoms with Gasteiger partial charge in [-0.05, 0) is 27.7 Å². The van der Waals surface area contributed by atoms with E-state index < -0.39 is 0 Å². The summed E-state index contributed by atoms with van der Waals surface area (Å²) in [6.45, 7) is 10.3. The number of aromatic amines is 1. The highest BCUT2D eigenvalue weighted by atomic mass is 16.2. The molecule has 0 atom stereocenters. The van der Waals surface area contributed by atoms with E-state index in [0.717, 1.165) is 0 Å². The van der Waals surface area contributed by atoms with Crippen molar-refractivity contribution in [2.24, 2.45) is 0 Å². The van der Waals surface area contributed by atoms with E-state index >= 15 is 0 Å². The van der Waals surface area contributed by atoms with E-state index in [-0.39, 0.29) is 11.8 Å². The molecule has 1 rings (SSSR count). The number of H-pyrrole nitrogens is 1. The predicted molar refractivity (Wildman–Crippen MR) is 75.3 cm³/mol. The zero-order valence-electron chi connectivity index (χ0n) is 12.2. The molecule has 1 aromatic rings. The van der Waals surface area contributed by atoms with E-state index in [1.54, 1.807) is 22.2 Å². The quantitative estimate of drug-likeness (QED) is 0.855. The Morgan fingerprint density at radius 3 is 1.42 bits per heavy atom. The van der Waals surface area contributed by atoms with Gasteiger partial charge in [-0.1, -0.05) is 0 Å². The lowest BCUT2D eigenvalue weighted by Crippen LogP contribution is -2.34. The summed E-state index contributed by atoms with van der Waals surface area (Å²) in [5.41, 5.74) is 0.918. The number of carbonyl (C=O) groups is 2. The van der Waals surface area contributed by atoms with Crippen molar-refractivity contribution >= 4 is 11.8 Å². The third-order valence-corrected chi connectivity index (χ3v) is 3.31. The van der Waals surface area contributed by atoms with Gasteiger partial charge in [-0.25, -0.2) is 0 Å². The molecule has 0 spiro atoms. The molecule has 0 aliphatic rings. The lowest BCUT2D eigenvalue weighted by atomic mass is 10.1. The number of nitrogens with one attached hydrogen (secondary N) is 1.